The van der Waals surface area contributed by atoms with E-state index in [-0.39, 0.29) is 18.6 Å². The van der Waals surface area contributed by atoms with E-state index < -0.39 is 31.1 Å². The van der Waals surface area contributed by atoms with E-state index in [1.54, 1.807) is 0 Å². The van der Waals surface area contributed by atoms with E-state index in [2.05, 4.69) is 0 Å². The van der Waals surface area contributed by atoms with Gasteiger partial charge in [-0.05, 0) is 16.7 Å². The number of carboxylic acid groups (broad SMARTS) is 1. The average molecular weight is 507 g/mol. The van der Waals surface area contributed by atoms with Crippen LogP contribution in [0.5, 0.6) is 0 Å². The molecule has 4 rings (SSSR count). The van der Waals surface area contributed by atoms with Gasteiger partial charge in [0.2, 0.25) is 0 Å². The van der Waals surface area contributed by atoms with Gasteiger partial charge in [-0.15, -0.1) is 0 Å². The van der Waals surface area contributed by atoms with Gasteiger partial charge in [0.15, 0.2) is 6.29 Å². The maximum atomic E-state index is 11.0. The molecule has 37 heavy (non-hydrogen) atoms. The van der Waals surface area contributed by atoms with Crippen molar-refractivity contribution in [3.8, 4) is 0 Å². The SMILES string of the molecule is C[C@H]1[C@H](OCc2ccccc2)[C@@H](OCc2ccccc2)C(OCc2ccccc2)O[C@@H]1COCC(=O)O. The van der Waals surface area contributed by atoms with Crippen LogP contribution in [0.3, 0.4) is 0 Å². The smallest absolute Gasteiger partial charge is 0.329 e. The standard InChI is InChI=1S/C30H34O7/c1-22-26(20-33-21-27(31)32)37-30(36-19-25-15-9-4-10-16-25)29(35-18-24-13-7-3-8-14-24)28(22)34-17-23-11-5-2-6-12-23/h2-16,22,26,28-30H,17-21H2,1H3,(H,31,32)/t22-,26-,28+,29-,30?/m1/s1. The highest BCUT2D eigenvalue weighted by Crippen LogP contribution is 2.33. The van der Waals surface area contributed by atoms with E-state index >= 15 is 0 Å². The molecule has 0 saturated carbocycles. The van der Waals surface area contributed by atoms with E-state index in [0.29, 0.717) is 19.8 Å². The average Bonchev–Trinajstić information content (AvgIpc) is 2.93. The highest BCUT2D eigenvalue weighted by Gasteiger charge is 2.46. The highest BCUT2D eigenvalue weighted by atomic mass is 16.7. The summed E-state index contributed by atoms with van der Waals surface area (Å²) in [5.74, 6) is -1.17. The summed E-state index contributed by atoms with van der Waals surface area (Å²) in [6, 6.07) is 29.7. The molecule has 0 bridgehead atoms. The van der Waals surface area contributed by atoms with Crippen LogP contribution in [0.1, 0.15) is 23.6 Å². The van der Waals surface area contributed by atoms with E-state index in [9.17, 15) is 4.79 Å². The Morgan fingerprint density at radius 3 is 1.68 bits per heavy atom. The molecule has 3 aromatic carbocycles. The number of aliphatic carboxylic acids is 1. The van der Waals surface area contributed by atoms with Crippen molar-refractivity contribution in [3.05, 3.63) is 108 Å². The summed E-state index contributed by atoms with van der Waals surface area (Å²) in [6.07, 6.45) is -2.06. The maximum Gasteiger partial charge on any atom is 0.329 e. The van der Waals surface area contributed by atoms with E-state index in [1.807, 2.05) is 97.9 Å². The summed E-state index contributed by atoms with van der Waals surface area (Å²) >= 11 is 0. The molecule has 1 fully saturated rings. The molecule has 196 valence electrons. The molecule has 1 heterocycles. The molecule has 0 amide bonds. The number of carbonyl (C=O) groups is 1. The molecule has 1 saturated heterocycles. The van der Waals surface area contributed by atoms with Gasteiger partial charge in [0, 0.05) is 5.92 Å². The van der Waals surface area contributed by atoms with Crippen molar-refractivity contribution < 1.29 is 33.6 Å². The van der Waals surface area contributed by atoms with Crippen LogP contribution >= 0.6 is 0 Å². The third-order valence-corrected chi connectivity index (χ3v) is 6.34. The fraction of sp³-hybridized carbons (Fsp3) is 0.367. The molecule has 5 atom stereocenters. The monoisotopic (exact) mass is 506 g/mol. The predicted molar refractivity (Wildman–Crippen MR) is 138 cm³/mol. The van der Waals surface area contributed by atoms with Gasteiger partial charge in [0.05, 0.1) is 38.6 Å². The van der Waals surface area contributed by atoms with Crippen LogP contribution in [0, 0.1) is 5.92 Å². The van der Waals surface area contributed by atoms with Crippen molar-refractivity contribution in [3.63, 3.8) is 0 Å². The Morgan fingerprint density at radius 1 is 0.730 bits per heavy atom. The summed E-state index contributed by atoms with van der Waals surface area (Å²) in [5, 5.41) is 9.02. The zero-order valence-corrected chi connectivity index (χ0v) is 21.0. The molecule has 3 aromatic rings. The van der Waals surface area contributed by atoms with Crippen molar-refractivity contribution in [1.82, 2.24) is 0 Å². The van der Waals surface area contributed by atoms with Crippen LogP contribution < -0.4 is 0 Å². The molecule has 1 unspecified atom stereocenters. The first kappa shape index (κ1) is 27.0. The molecule has 1 aliphatic rings. The molecular weight excluding hydrogens is 472 g/mol. The Bertz CT molecular complexity index is 1060. The Hall–Kier alpha value is -3.07. The first-order valence-corrected chi connectivity index (χ1v) is 12.5. The molecule has 7 nitrogen and oxygen atoms in total. The van der Waals surface area contributed by atoms with Crippen molar-refractivity contribution in [1.29, 1.82) is 0 Å². The van der Waals surface area contributed by atoms with Gasteiger partial charge >= 0.3 is 5.97 Å². The van der Waals surface area contributed by atoms with Gasteiger partial charge in [-0.25, -0.2) is 4.79 Å². The fourth-order valence-corrected chi connectivity index (χ4v) is 4.33. The molecular formula is C30H34O7. The predicted octanol–water partition coefficient (Wildman–Crippen LogP) is 4.84. The van der Waals surface area contributed by atoms with E-state index in [1.165, 1.54) is 0 Å². The van der Waals surface area contributed by atoms with Crippen molar-refractivity contribution in [2.75, 3.05) is 13.2 Å². The lowest BCUT2D eigenvalue weighted by Crippen LogP contribution is -2.57. The van der Waals surface area contributed by atoms with Crippen molar-refractivity contribution >= 4 is 5.97 Å². The first-order chi connectivity index (χ1) is 18.1. The van der Waals surface area contributed by atoms with Crippen molar-refractivity contribution in [2.45, 2.75) is 51.3 Å². The van der Waals surface area contributed by atoms with Gasteiger partial charge in [0.25, 0.3) is 0 Å². The minimum atomic E-state index is -1.03. The minimum Gasteiger partial charge on any atom is -0.480 e. The van der Waals surface area contributed by atoms with Gasteiger partial charge < -0.3 is 28.8 Å². The molecule has 0 aromatic heterocycles. The summed E-state index contributed by atoms with van der Waals surface area (Å²) in [4.78, 5) is 11.0. The zero-order valence-electron chi connectivity index (χ0n) is 21.0. The number of rotatable bonds is 13. The van der Waals surface area contributed by atoms with E-state index in [0.717, 1.165) is 16.7 Å². The molecule has 0 radical (unpaired) electrons. The summed E-state index contributed by atoms with van der Waals surface area (Å²) < 4.78 is 30.9. The van der Waals surface area contributed by atoms with Crippen LogP contribution in [0.4, 0.5) is 0 Å². The second-order valence-corrected chi connectivity index (χ2v) is 9.13. The largest absolute Gasteiger partial charge is 0.480 e. The summed E-state index contributed by atoms with van der Waals surface area (Å²) in [7, 11) is 0. The van der Waals surface area contributed by atoms with Gasteiger partial charge in [-0.3, -0.25) is 0 Å². The van der Waals surface area contributed by atoms with Gasteiger partial charge in [-0.1, -0.05) is 97.9 Å². The third-order valence-electron chi connectivity index (χ3n) is 6.34. The number of hydrogen-bond donors (Lipinski definition) is 1. The molecule has 0 aliphatic carbocycles. The van der Waals surface area contributed by atoms with Crippen LogP contribution in [-0.4, -0.2) is 48.9 Å². The summed E-state index contributed by atoms with van der Waals surface area (Å²) in [6.45, 7) is 2.82. The van der Waals surface area contributed by atoms with E-state index in [4.69, 9.17) is 28.8 Å². The number of ether oxygens (including phenoxy) is 5. The Kier molecular flexibility index (Phi) is 10.2. The van der Waals surface area contributed by atoms with Crippen LogP contribution in [0.25, 0.3) is 0 Å². The molecule has 1 aliphatic heterocycles. The van der Waals surface area contributed by atoms with Crippen LogP contribution in [-0.2, 0) is 48.3 Å². The first-order valence-electron chi connectivity index (χ1n) is 12.5. The topological polar surface area (TPSA) is 83.5 Å². The minimum absolute atomic E-state index is 0.106. The number of carboxylic acids is 1. The molecule has 1 N–H and O–H groups in total. The second-order valence-electron chi connectivity index (χ2n) is 9.13. The second kappa shape index (κ2) is 14.0. The zero-order chi connectivity index (χ0) is 25.9. The Balaban J connectivity index is 1.54. The number of hydrogen-bond acceptors (Lipinski definition) is 6. The third kappa shape index (κ3) is 8.21. The van der Waals surface area contributed by atoms with Gasteiger partial charge in [-0.2, -0.15) is 0 Å². The molecule has 7 heteroatoms. The normalized spacial score (nSPS) is 23.5. The fourth-order valence-electron chi connectivity index (χ4n) is 4.33. The Morgan fingerprint density at radius 2 is 1.19 bits per heavy atom. The highest BCUT2D eigenvalue weighted by molar-refractivity contribution is 5.67. The maximum absolute atomic E-state index is 11.0. The number of benzene rings is 3. The lowest BCUT2D eigenvalue weighted by Gasteiger charge is -2.45. The Labute approximate surface area is 217 Å². The quantitative estimate of drug-likeness (QED) is 0.355. The molecule has 0 spiro atoms. The van der Waals surface area contributed by atoms with Crippen LogP contribution in [0.2, 0.25) is 0 Å². The lowest BCUT2D eigenvalue weighted by molar-refractivity contribution is -0.312. The van der Waals surface area contributed by atoms with Crippen LogP contribution in [0.15, 0.2) is 91.0 Å². The van der Waals surface area contributed by atoms with Crippen molar-refractivity contribution in [2.24, 2.45) is 5.92 Å². The lowest BCUT2D eigenvalue weighted by atomic mass is 9.90. The summed E-state index contributed by atoms with van der Waals surface area (Å²) in [5.41, 5.74) is 3.08. The van der Waals surface area contributed by atoms with Gasteiger partial charge in [0.1, 0.15) is 12.7 Å².